The van der Waals surface area contributed by atoms with E-state index in [0.717, 1.165) is 0 Å². The van der Waals surface area contributed by atoms with Crippen molar-refractivity contribution in [3.05, 3.63) is 11.3 Å². The summed E-state index contributed by atoms with van der Waals surface area (Å²) in [6.07, 6.45) is 0. The molecule has 0 saturated heterocycles. The number of likely N-dealkylation sites (N-methyl/N-ethyl adjacent to an activating group) is 1. The maximum Gasteiger partial charge on any atom is 0.262 e. The van der Waals surface area contributed by atoms with Crippen LogP contribution in [0.15, 0.2) is 5.03 Å². The van der Waals surface area contributed by atoms with E-state index in [4.69, 9.17) is 10.5 Å². The van der Waals surface area contributed by atoms with Crippen molar-refractivity contribution in [2.45, 2.75) is 25.4 Å². The van der Waals surface area contributed by atoms with Gasteiger partial charge in [-0.15, -0.1) is 0 Å². The molecule has 1 heterocycles. The molecule has 1 aromatic rings. The van der Waals surface area contributed by atoms with Crippen LogP contribution in [-0.4, -0.2) is 49.7 Å². The van der Waals surface area contributed by atoms with E-state index in [1.807, 2.05) is 6.92 Å². The van der Waals surface area contributed by atoms with E-state index in [9.17, 15) is 8.42 Å². The lowest BCUT2D eigenvalue weighted by molar-refractivity contribution is 0.138. The largest absolute Gasteiger partial charge is 0.380 e. The number of aromatic nitrogens is 2. The quantitative estimate of drug-likeness (QED) is 0.673. The van der Waals surface area contributed by atoms with E-state index in [1.165, 1.54) is 11.4 Å². The Bertz CT molecular complexity index is 483. The van der Waals surface area contributed by atoms with Gasteiger partial charge in [-0.25, -0.2) is 8.42 Å². The summed E-state index contributed by atoms with van der Waals surface area (Å²) in [4.78, 5) is 0. The second-order valence-corrected chi connectivity index (χ2v) is 5.82. The van der Waals surface area contributed by atoms with Crippen LogP contribution in [-0.2, 0) is 21.3 Å². The van der Waals surface area contributed by atoms with Gasteiger partial charge in [-0.3, -0.25) is 5.10 Å². The molecule has 0 saturated carbocycles. The molecule has 0 unspecified atom stereocenters. The zero-order chi connectivity index (χ0) is 13.8. The lowest BCUT2D eigenvalue weighted by Crippen LogP contribution is -2.31. The molecule has 1 rings (SSSR count). The van der Waals surface area contributed by atoms with Gasteiger partial charge in [0.2, 0.25) is 0 Å². The van der Waals surface area contributed by atoms with E-state index < -0.39 is 10.0 Å². The van der Waals surface area contributed by atoms with Gasteiger partial charge in [0.25, 0.3) is 10.0 Å². The molecule has 0 atom stereocenters. The Kier molecular flexibility index (Phi) is 5.27. The van der Waals surface area contributed by atoms with Crippen LogP contribution in [0.3, 0.4) is 0 Å². The van der Waals surface area contributed by atoms with Gasteiger partial charge < -0.3 is 10.5 Å². The van der Waals surface area contributed by atoms with Gasteiger partial charge in [0.15, 0.2) is 5.03 Å². The molecule has 0 aliphatic heterocycles. The van der Waals surface area contributed by atoms with Crippen molar-refractivity contribution < 1.29 is 13.2 Å². The summed E-state index contributed by atoms with van der Waals surface area (Å²) in [6, 6.07) is 0. The SMILES string of the molecule is CCOCCN(C)S(=O)(=O)c1n[nH]c(C)c1CN. The molecule has 18 heavy (non-hydrogen) atoms. The number of aryl methyl sites for hydroxylation is 1. The fraction of sp³-hybridized carbons (Fsp3) is 0.700. The van der Waals surface area contributed by atoms with E-state index in [-0.39, 0.29) is 18.1 Å². The van der Waals surface area contributed by atoms with Crippen molar-refractivity contribution in [3.63, 3.8) is 0 Å². The van der Waals surface area contributed by atoms with Crippen LogP contribution in [0.25, 0.3) is 0 Å². The van der Waals surface area contributed by atoms with Gasteiger partial charge in [0.05, 0.1) is 6.61 Å². The maximum absolute atomic E-state index is 12.3. The molecule has 0 amide bonds. The maximum atomic E-state index is 12.3. The minimum absolute atomic E-state index is 0.00139. The summed E-state index contributed by atoms with van der Waals surface area (Å²) in [5.74, 6) is 0. The fourth-order valence-corrected chi connectivity index (χ4v) is 2.81. The molecule has 8 heteroatoms. The van der Waals surface area contributed by atoms with Crippen molar-refractivity contribution in [1.82, 2.24) is 14.5 Å². The standard InChI is InChI=1S/C10H20N4O3S/c1-4-17-6-5-14(3)18(15,16)10-9(7-11)8(2)12-13-10/h4-7,11H2,1-3H3,(H,12,13). The summed E-state index contributed by atoms with van der Waals surface area (Å²) in [7, 11) is -2.11. The Morgan fingerprint density at radius 2 is 2.17 bits per heavy atom. The predicted molar refractivity (Wildman–Crippen MR) is 67.5 cm³/mol. The van der Waals surface area contributed by atoms with Crippen LogP contribution < -0.4 is 5.73 Å². The number of nitrogens with one attached hydrogen (secondary N) is 1. The molecule has 104 valence electrons. The van der Waals surface area contributed by atoms with Gasteiger partial charge in [-0.2, -0.15) is 9.40 Å². The van der Waals surface area contributed by atoms with E-state index in [2.05, 4.69) is 10.2 Å². The van der Waals surface area contributed by atoms with E-state index in [1.54, 1.807) is 6.92 Å². The Balaban J connectivity index is 2.91. The lowest BCUT2D eigenvalue weighted by atomic mass is 10.3. The summed E-state index contributed by atoms with van der Waals surface area (Å²) >= 11 is 0. The highest BCUT2D eigenvalue weighted by molar-refractivity contribution is 7.89. The second-order valence-electron chi connectivity index (χ2n) is 3.86. The first kappa shape index (κ1) is 15.1. The molecule has 0 aliphatic carbocycles. The normalized spacial score (nSPS) is 12.3. The summed E-state index contributed by atoms with van der Waals surface area (Å²) in [6.45, 7) is 4.94. The average molecular weight is 276 g/mol. The van der Waals surface area contributed by atoms with Crippen LogP contribution in [0.2, 0.25) is 0 Å². The van der Waals surface area contributed by atoms with Crippen LogP contribution in [0, 0.1) is 6.92 Å². The Labute approximate surface area is 107 Å². The molecule has 0 spiro atoms. The van der Waals surface area contributed by atoms with Gasteiger partial charge in [0, 0.05) is 38.0 Å². The van der Waals surface area contributed by atoms with Crippen LogP contribution in [0.4, 0.5) is 0 Å². The van der Waals surface area contributed by atoms with Crippen molar-refractivity contribution in [2.24, 2.45) is 5.73 Å². The van der Waals surface area contributed by atoms with Gasteiger partial charge >= 0.3 is 0 Å². The molecule has 0 aromatic carbocycles. The Morgan fingerprint density at radius 1 is 1.50 bits per heavy atom. The number of nitrogens with two attached hydrogens (primary N) is 1. The number of aromatic amines is 1. The number of hydrogen-bond donors (Lipinski definition) is 2. The van der Waals surface area contributed by atoms with Crippen molar-refractivity contribution in [3.8, 4) is 0 Å². The number of sulfonamides is 1. The van der Waals surface area contributed by atoms with Crippen molar-refractivity contribution in [1.29, 1.82) is 0 Å². The zero-order valence-corrected chi connectivity index (χ0v) is 11.7. The predicted octanol–water partition coefficient (Wildman–Crippen LogP) is -0.166. The molecule has 0 fully saturated rings. The van der Waals surface area contributed by atoms with Gasteiger partial charge in [0.1, 0.15) is 0 Å². The monoisotopic (exact) mass is 276 g/mol. The smallest absolute Gasteiger partial charge is 0.262 e. The third-order valence-corrected chi connectivity index (χ3v) is 4.48. The third-order valence-electron chi connectivity index (χ3n) is 2.65. The summed E-state index contributed by atoms with van der Waals surface area (Å²) in [5, 5.41) is 6.48. The van der Waals surface area contributed by atoms with E-state index >= 15 is 0 Å². The average Bonchev–Trinajstić information content (AvgIpc) is 2.71. The Hall–Kier alpha value is -0.960. The Morgan fingerprint density at radius 3 is 2.72 bits per heavy atom. The number of nitrogens with zero attached hydrogens (tertiary/aromatic N) is 2. The van der Waals surface area contributed by atoms with Crippen molar-refractivity contribution >= 4 is 10.0 Å². The second kappa shape index (κ2) is 6.28. The van der Waals surface area contributed by atoms with Gasteiger partial charge in [-0.1, -0.05) is 0 Å². The van der Waals surface area contributed by atoms with Crippen LogP contribution in [0.5, 0.6) is 0 Å². The summed E-state index contributed by atoms with van der Waals surface area (Å²) < 4.78 is 30.9. The topological polar surface area (TPSA) is 101 Å². The molecular weight excluding hydrogens is 256 g/mol. The van der Waals surface area contributed by atoms with Gasteiger partial charge in [-0.05, 0) is 13.8 Å². The molecule has 3 N–H and O–H groups in total. The zero-order valence-electron chi connectivity index (χ0n) is 10.9. The lowest BCUT2D eigenvalue weighted by Gasteiger charge is -2.16. The number of hydrogen-bond acceptors (Lipinski definition) is 5. The first-order valence-corrected chi connectivity index (χ1v) is 7.17. The minimum atomic E-state index is -3.61. The molecular formula is C10H20N4O3S. The fourth-order valence-electron chi connectivity index (χ4n) is 1.49. The highest BCUT2D eigenvalue weighted by atomic mass is 32.2. The molecule has 7 nitrogen and oxygen atoms in total. The number of rotatable bonds is 7. The highest BCUT2D eigenvalue weighted by Crippen LogP contribution is 2.18. The minimum Gasteiger partial charge on any atom is -0.380 e. The highest BCUT2D eigenvalue weighted by Gasteiger charge is 2.27. The third kappa shape index (κ3) is 3.08. The number of ether oxygens (including phenoxy) is 1. The molecule has 0 radical (unpaired) electrons. The molecule has 0 bridgehead atoms. The van der Waals surface area contributed by atoms with Crippen LogP contribution in [0.1, 0.15) is 18.2 Å². The first-order valence-electron chi connectivity index (χ1n) is 5.73. The molecule has 1 aromatic heterocycles. The summed E-state index contributed by atoms with van der Waals surface area (Å²) in [5.41, 5.74) is 6.75. The van der Waals surface area contributed by atoms with Crippen molar-refractivity contribution in [2.75, 3.05) is 26.8 Å². The number of H-pyrrole nitrogens is 1. The van der Waals surface area contributed by atoms with Crippen LogP contribution >= 0.6 is 0 Å². The van der Waals surface area contributed by atoms with E-state index in [0.29, 0.717) is 24.5 Å². The molecule has 0 aliphatic rings. The first-order chi connectivity index (χ1) is 8.45.